The first-order chi connectivity index (χ1) is 10.6. The zero-order chi connectivity index (χ0) is 17.0. The van der Waals surface area contributed by atoms with E-state index in [1.807, 2.05) is 13.8 Å². The minimum atomic E-state index is -4.06. The normalized spacial score (nSPS) is 29.0. The molecule has 0 aliphatic heterocycles. The summed E-state index contributed by atoms with van der Waals surface area (Å²) in [7, 11) is -4.06. The van der Waals surface area contributed by atoms with E-state index in [-0.39, 0.29) is 28.6 Å². The predicted octanol–water partition coefficient (Wildman–Crippen LogP) is 3.24. The molecule has 2 atom stereocenters. The number of Topliss-reactive ketones (excluding diaryl/α,β-unsaturated/α-hetero) is 1. The highest BCUT2D eigenvalue weighted by molar-refractivity contribution is 7.87. The zero-order valence-electron chi connectivity index (χ0n) is 13.6. The minimum Gasteiger partial charge on any atom is -0.379 e. The summed E-state index contributed by atoms with van der Waals surface area (Å²) >= 11 is 0. The second-order valence-corrected chi connectivity index (χ2v) is 8.96. The Bertz CT molecular complexity index is 769. The van der Waals surface area contributed by atoms with Gasteiger partial charge in [0.2, 0.25) is 0 Å². The molecule has 2 unspecified atom stereocenters. The molecule has 1 aromatic carbocycles. The van der Waals surface area contributed by atoms with E-state index in [9.17, 15) is 17.6 Å². The van der Waals surface area contributed by atoms with Gasteiger partial charge in [0, 0.05) is 6.42 Å². The van der Waals surface area contributed by atoms with Crippen molar-refractivity contribution >= 4 is 15.9 Å². The van der Waals surface area contributed by atoms with Gasteiger partial charge in [-0.2, -0.15) is 8.42 Å². The Balaban J connectivity index is 1.88. The van der Waals surface area contributed by atoms with Crippen molar-refractivity contribution in [2.75, 3.05) is 5.75 Å². The summed E-state index contributed by atoms with van der Waals surface area (Å²) in [6, 6.07) is 4.11. The highest BCUT2D eigenvalue weighted by atomic mass is 32.2. The Kier molecular flexibility index (Phi) is 3.59. The summed E-state index contributed by atoms with van der Waals surface area (Å²) in [6.45, 7) is 5.62. The maximum atomic E-state index is 13.9. The first-order valence-corrected chi connectivity index (χ1v) is 9.37. The van der Waals surface area contributed by atoms with E-state index in [1.54, 1.807) is 13.0 Å². The quantitative estimate of drug-likeness (QED) is 0.790. The molecular weight excluding hydrogens is 319 g/mol. The van der Waals surface area contributed by atoms with Gasteiger partial charge < -0.3 is 4.18 Å². The van der Waals surface area contributed by atoms with Gasteiger partial charge in [0.25, 0.3) is 0 Å². The standard InChI is InChI=1S/C17H21FO4S/c1-11-4-5-14(13(18)8-11)22-23(20,21)10-17-7-6-12(9-15(17)19)16(17,2)3/h4-5,8,12H,6-7,9-10H2,1-3H3. The summed E-state index contributed by atoms with van der Waals surface area (Å²) in [5.74, 6) is -1.19. The van der Waals surface area contributed by atoms with Crippen molar-refractivity contribution in [1.29, 1.82) is 0 Å². The third-order valence-electron chi connectivity index (χ3n) is 5.87. The van der Waals surface area contributed by atoms with Crippen LogP contribution in [0.4, 0.5) is 4.39 Å². The van der Waals surface area contributed by atoms with Crippen LogP contribution >= 0.6 is 0 Å². The van der Waals surface area contributed by atoms with E-state index in [4.69, 9.17) is 4.18 Å². The van der Waals surface area contributed by atoms with Gasteiger partial charge in [0.15, 0.2) is 11.6 Å². The largest absolute Gasteiger partial charge is 0.379 e. The number of fused-ring (bicyclic) bond motifs is 2. The molecule has 2 fully saturated rings. The lowest BCUT2D eigenvalue weighted by Crippen LogP contribution is -2.43. The average molecular weight is 340 g/mol. The lowest BCUT2D eigenvalue weighted by molar-refractivity contribution is -0.128. The SMILES string of the molecule is Cc1ccc(OS(=O)(=O)CC23CCC(CC2=O)C3(C)C)c(F)c1. The van der Waals surface area contributed by atoms with Gasteiger partial charge >= 0.3 is 10.1 Å². The maximum Gasteiger partial charge on any atom is 0.310 e. The van der Waals surface area contributed by atoms with Crippen LogP contribution in [0.1, 0.15) is 38.7 Å². The fourth-order valence-corrected chi connectivity index (χ4v) is 6.00. The second-order valence-electron chi connectivity index (χ2n) is 7.39. The fraction of sp³-hybridized carbons (Fsp3) is 0.588. The highest BCUT2D eigenvalue weighted by Gasteiger charge is 2.65. The smallest absolute Gasteiger partial charge is 0.310 e. The van der Waals surface area contributed by atoms with Crippen molar-refractivity contribution in [1.82, 2.24) is 0 Å². The lowest BCUT2D eigenvalue weighted by atomic mass is 9.70. The number of benzene rings is 1. The molecule has 0 spiro atoms. The van der Waals surface area contributed by atoms with E-state index in [1.165, 1.54) is 12.1 Å². The van der Waals surface area contributed by atoms with E-state index < -0.39 is 21.4 Å². The van der Waals surface area contributed by atoms with Gasteiger partial charge in [0.05, 0.1) is 11.2 Å². The van der Waals surface area contributed by atoms with E-state index in [0.717, 1.165) is 6.42 Å². The third kappa shape index (κ3) is 2.47. The van der Waals surface area contributed by atoms with Crippen LogP contribution in [-0.4, -0.2) is 20.0 Å². The highest BCUT2D eigenvalue weighted by Crippen LogP contribution is 2.64. The molecule has 126 valence electrons. The van der Waals surface area contributed by atoms with Crippen LogP contribution in [0.25, 0.3) is 0 Å². The van der Waals surface area contributed by atoms with Crippen molar-refractivity contribution < 1.29 is 21.8 Å². The molecule has 3 rings (SSSR count). The number of carbonyl (C=O) groups excluding carboxylic acids is 1. The van der Waals surface area contributed by atoms with Crippen LogP contribution in [0, 0.1) is 29.5 Å². The minimum absolute atomic E-state index is 0.00435. The summed E-state index contributed by atoms with van der Waals surface area (Å²) in [5, 5.41) is 0. The van der Waals surface area contributed by atoms with Crippen LogP contribution in [0.2, 0.25) is 0 Å². The lowest BCUT2D eigenvalue weighted by Gasteiger charge is -2.35. The Hall–Kier alpha value is -1.43. The number of hydrogen-bond donors (Lipinski definition) is 0. The van der Waals surface area contributed by atoms with Gasteiger partial charge in [-0.25, -0.2) is 4.39 Å². The van der Waals surface area contributed by atoms with Crippen molar-refractivity contribution in [3.8, 4) is 5.75 Å². The van der Waals surface area contributed by atoms with Crippen LogP contribution in [0.15, 0.2) is 18.2 Å². The first-order valence-electron chi connectivity index (χ1n) is 7.79. The van der Waals surface area contributed by atoms with Crippen molar-refractivity contribution in [3.05, 3.63) is 29.6 Å². The molecule has 6 heteroatoms. The molecule has 2 saturated carbocycles. The van der Waals surface area contributed by atoms with Gasteiger partial charge in [-0.1, -0.05) is 19.9 Å². The topological polar surface area (TPSA) is 60.4 Å². The summed E-state index contributed by atoms with van der Waals surface area (Å²) in [6.07, 6.45) is 1.84. The third-order valence-corrected chi connectivity index (χ3v) is 7.15. The molecule has 0 aromatic heterocycles. The van der Waals surface area contributed by atoms with Gasteiger partial charge in [-0.05, 0) is 48.8 Å². The van der Waals surface area contributed by atoms with E-state index in [2.05, 4.69) is 0 Å². The first kappa shape index (κ1) is 16.4. The predicted molar refractivity (Wildman–Crippen MR) is 84.1 cm³/mol. The Labute approximate surface area is 136 Å². The number of rotatable bonds is 4. The molecule has 0 radical (unpaired) electrons. The number of ketones is 1. The molecule has 1 aromatic rings. The number of carbonyl (C=O) groups is 1. The molecular formula is C17H21FO4S. The Morgan fingerprint density at radius 3 is 2.57 bits per heavy atom. The molecule has 2 aliphatic rings. The van der Waals surface area contributed by atoms with Crippen molar-refractivity contribution in [2.24, 2.45) is 16.7 Å². The summed E-state index contributed by atoms with van der Waals surface area (Å²) in [4.78, 5) is 12.4. The van der Waals surface area contributed by atoms with Crippen LogP contribution in [-0.2, 0) is 14.9 Å². The van der Waals surface area contributed by atoms with Crippen molar-refractivity contribution in [2.45, 2.75) is 40.0 Å². The van der Waals surface area contributed by atoms with Crippen LogP contribution in [0.5, 0.6) is 5.75 Å². The number of aryl methyl sites for hydroxylation is 1. The number of halogens is 1. The van der Waals surface area contributed by atoms with E-state index >= 15 is 0 Å². The number of hydrogen-bond acceptors (Lipinski definition) is 4. The average Bonchev–Trinajstić information content (AvgIpc) is 2.75. The molecule has 0 N–H and O–H groups in total. The van der Waals surface area contributed by atoms with Crippen LogP contribution in [0.3, 0.4) is 0 Å². The monoisotopic (exact) mass is 340 g/mol. The fourth-order valence-electron chi connectivity index (χ4n) is 4.25. The second kappa shape index (κ2) is 5.03. The molecule has 2 aliphatic carbocycles. The molecule has 0 saturated heterocycles. The van der Waals surface area contributed by atoms with Gasteiger partial charge in [-0.15, -0.1) is 0 Å². The summed E-state index contributed by atoms with van der Waals surface area (Å²) < 4.78 is 43.8. The molecule has 23 heavy (non-hydrogen) atoms. The molecule has 0 heterocycles. The Morgan fingerprint density at radius 2 is 2.04 bits per heavy atom. The van der Waals surface area contributed by atoms with Crippen molar-refractivity contribution in [3.63, 3.8) is 0 Å². The molecule has 0 amide bonds. The van der Waals surface area contributed by atoms with Crippen LogP contribution < -0.4 is 4.18 Å². The molecule has 2 bridgehead atoms. The maximum absolute atomic E-state index is 13.9. The summed E-state index contributed by atoms with van der Waals surface area (Å²) in [5.41, 5.74) is -0.596. The zero-order valence-corrected chi connectivity index (χ0v) is 14.4. The van der Waals surface area contributed by atoms with Gasteiger partial charge in [0.1, 0.15) is 5.78 Å². The van der Waals surface area contributed by atoms with E-state index in [0.29, 0.717) is 18.4 Å². The van der Waals surface area contributed by atoms with Gasteiger partial charge in [-0.3, -0.25) is 4.79 Å². The Morgan fingerprint density at radius 1 is 1.35 bits per heavy atom. The molecule has 4 nitrogen and oxygen atoms in total.